The Morgan fingerprint density at radius 2 is 2.00 bits per heavy atom. The predicted molar refractivity (Wildman–Crippen MR) is 111 cm³/mol. The van der Waals surface area contributed by atoms with Crippen LogP contribution in [0.15, 0.2) is 16.6 Å². The maximum absolute atomic E-state index is 13.0. The van der Waals surface area contributed by atoms with Gasteiger partial charge in [0.25, 0.3) is 0 Å². The summed E-state index contributed by atoms with van der Waals surface area (Å²) < 4.78 is 0. The number of nitrogens with one attached hydrogen (secondary N) is 1. The van der Waals surface area contributed by atoms with Crippen LogP contribution in [0.2, 0.25) is 0 Å². The number of thiophene rings is 1. The topological polar surface area (TPSA) is 114 Å². The molecule has 0 atom stereocenters. The van der Waals surface area contributed by atoms with Crippen LogP contribution in [-0.2, 0) is 16.1 Å². The third-order valence-electron chi connectivity index (χ3n) is 4.11. The molecule has 0 aromatic carbocycles. The molecule has 2 amide bonds. The number of amidine groups is 1. The summed E-state index contributed by atoms with van der Waals surface area (Å²) in [5.74, 6) is 0.374. The van der Waals surface area contributed by atoms with Crippen LogP contribution in [-0.4, -0.2) is 42.2 Å². The quantitative estimate of drug-likeness (QED) is 0.598. The highest BCUT2D eigenvalue weighted by atomic mass is 32.1. The maximum atomic E-state index is 13.0. The predicted octanol–water partition coefficient (Wildman–Crippen LogP) is 2.14. The molecule has 1 aliphatic heterocycles. The number of carbonyl (C=O) groups is 2. The molecule has 2 rings (SSSR count). The zero-order valence-electron chi connectivity index (χ0n) is 16.1. The fourth-order valence-electron chi connectivity index (χ4n) is 2.92. The van der Waals surface area contributed by atoms with Gasteiger partial charge in [-0.15, -0.1) is 11.3 Å². The molecular formula is C19H29N5O2S. The molecule has 1 aromatic rings. The number of nitrogens with zero attached hydrogens (tertiary/aromatic N) is 2. The van der Waals surface area contributed by atoms with Crippen molar-refractivity contribution in [3.63, 3.8) is 0 Å². The van der Waals surface area contributed by atoms with Gasteiger partial charge < -0.3 is 21.7 Å². The molecule has 2 heterocycles. The van der Waals surface area contributed by atoms with Crippen LogP contribution in [0, 0.1) is 0 Å². The van der Waals surface area contributed by atoms with E-state index < -0.39 is 0 Å². The summed E-state index contributed by atoms with van der Waals surface area (Å²) in [6, 6.07) is 1.91. The van der Waals surface area contributed by atoms with Crippen LogP contribution in [0.25, 0.3) is 6.08 Å². The Kier molecular flexibility index (Phi) is 7.99. The average Bonchev–Trinajstić information content (AvgIpc) is 2.92. The highest BCUT2D eigenvalue weighted by Gasteiger charge is 2.22. The maximum Gasteiger partial charge on any atom is 0.250 e. The monoisotopic (exact) mass is 391 g/mol. The first-order valence-electron chi connectivity index (χ1n) is 9.40. The SMILES string of the molecule is CCCN(CCC)C(=O)C1=Cc2sc(CNC(=O)CCN)cc2N=C(N)C1. The minimum Gasteiger partial charge on any atom is -0.387 e. The Bertz CT molecular complexity index is 732. The average molecular weight is 392 g/mol. The number of hydrogen-bond donors (Lipinski definition) is 3. The molecule has 0 saturated carbocycles. The van der Waals surface area contributed by atoms with E-state index in [2.05, 4.69) is 24.2 Å². The molecule has 0 radical (unpaired) electrons. The lowest BCUT2D eigenvalue weighted by atomic mass is 10.1. The van der Waals surface area contributed by atoms with Crippen LogP contribution in [0.5, 0.6) is 0 Å². The van der Waals surface area contributed by atoms with E-state index in [-0.39, 0.29) is 11.8 Å². The summed E-state index contributed by atoms with van der Waals surface area (Å²) in [6.07, 6.45) is 4.39. The molecule has 5 N–H and O–H groups in total. The van der Waals surface area contributed by atoms with E-state index in [1.165, 1.54) is 11.3 Å². The van der Waals surface area contributed by atoms with E-state index in [1.807, 2.05) is 17.0 Å². The Hall–Kier alpha value is -2.19. The third-order valence-corrected chi connectivity index (χ3v) is 5.18. The fraction of sp³-hybridized carbons (Fsp3) is 0.526. The zero-order valence-corrected chi connectivity index (χ0v) is 16.9. The Morgan fingerprint density at radius 1 is 1.30 bits per heavy atom. The van der Waals surface area contributed by atoms with Gasteiger partial charge in [-0.05, 0) is 25.0 Å². The van der Waals surface area contributed by atoms with Gasteiger partial charge in [0, 0.05) is 42.9 Å². The molecule has 148 valence electrons. The van der Waals surface area contributed by atoms with Crippen LogP contribution in [0.3, 0.4) is 0 Å². The first kappa shape index (κ1) is 21.1. The lowest BCUT2D eigenvalue weighted by Gasteiger charge is -2.22. The van der Waals surface area contributed by atoms with E-state index in [4.69, 9.17) is 11.5 Å². The number of aliphatic imine (C=N–C) groups is 1. The van der Waals surface area contributed by atoms with Crippen molar-refractivity contribution < 1.29 is 9.59 Å². The zero-order chi connectivity index (χ0) is 19.8. The van der Waals surface area contributed by atoms with Crippen molar-refractivity contribution in [2.24, 2.45) is 16.5 Å². The normalized spacial score (nSPS) is 13.3. The van der Waals surface area contributed by atoms with Crippen molar-refractivity contribution in [3.8, 4) is 0 Å². The first-order valence-corrected chi connectivity index (χ1v) is 10.2. The molecule has 1 aliphatic rings. The van der Waals surface area contributed by atoms with Crippen LogP contribution >= 0.6 is 11.3 Å². The molecule has 1 aromatic heterocycles. The summed E-state index contributed by atoms with van der Waals surface area (Å²) in [6.45, 7) is 6.34. The molecule has 0 spiro atoms. The van der Waals surface area contributed by atoms with Gasteiger partial charge >= 0.3 is 0 Å². The van der Waals surface area contributed by atoms with Crippen LogP contribution < -0.4 is 16.8 Å². The molecule has 0 fully saturated rings. The number of hydrogen-bond acceptors (Lipinski definition) is 6. The minimum atomic E-state index is -0.0784. The van der Waals surface area contributed by atoms with Crippen molar-refractivity contribution >= 4 is 40.8 Å². The number of nitrogens with two attached hydrogens (primary N) is 2. The molecular weight excluding hydrogens is 362 g/mol. The number of carbonyl (C=O) groups excluding carboxylic acids is 2. The summed E-state index contributed by atoms with van der Waals surface area (Å²) in [5.41, 5.74) is 12.9. The van der Waals surface area contributed by atoms with E-state index in [9.17, 15) is 9.59 Å². The van der Waals surface area contributed by atoms with E-state index in [0.29, 0.717) is 37.3 Å². The van der Waals surface area contributed by atoms with E-state index in [1.54, 1.807) is 0 Å². The summed E-state index contributed by atoms with van der Waals surface area (Å²) in [7, 11) is 0. The molecule has 7 nitrogen and oxygen atoms in total. The summed E-state index contributed by atoms with van der Waals surface area (Å²) >= 11 is 1.51. The third kappa shape index (κ3) is 5.90. The Labute approximate surface area is 164 Å². The standard InChI is InChI=1S/C19H29N5O2S/c1-3-7-24(8-4-2)19(26)13-9-16-15(23-17(21)10-13)11-14(27-16)12-22-18(25)5-6-20/h9,11H,3-8,10,12,20H2,1-2H3,(H2,21,23)(H,22,25). The molecule has 0 aliphatic carbocycles. The van der Waals surface area contributed by atoms with Gasteiger partial charge in [0.1, 0.15) is 5.84 Å². The van der Waals surface area contributed by atoms with Gasteiger partial charge in [0.15, 0.2) is 0 Å². The van der Waals surface area contributed by atoms with Crippen LogP contribution in [0.1, 0.15) is 49.3 Å². The van der Waals surface area contributed by atoms with Crippen molar-refractivity contribution in [1.82, 2.24) is 10.2 Å². The van der Waals surface area contributed by atoms with Gasteiger partial charge in [-0.1, -0.05) is 13.8 Å². The van der Waals surface area contributed by atoms with Crippen molar-refractivity contribution in [2.45, 2.75) is 46.1 Å². The van der Waals surface area contributed by atoms with E-state index in [0.717, 1.165) is 41.4 Å². The largest absolute Gasteiger partial charge is 0.387 e. The van der Waals surface area contributed by atoms with Crippen molar-refractivity contribution in [2.75, 3.05) is 19.6 Å². The second-order valence-corrected chi connectivity index (χ2v) is 7.69. The molecule has 0 saturated heterocycles. The Morgan fingerprint density at radius 3 is 2.63 bits per heavy atom. The lowest BCUT2D eigenvalue weighted by molar-refractivity contribution is -0.127. The smallest absolute Gasteiger partial charge is 0.250 e. The van der Waals surface area contributed by atoms with Gasteiger partial charge in [0.05, 0.1) is 17.1 Å². The number of fused-ring (bicyclic) bond motifs is 1. The Balaban J connectivity index is 2.21. The summed E-state index contributed by atoms with van der Waals surface area (Å²) in [4.78, 5) is 32.8. The van der Waals surface area contributed by atoms with Gasteiger partial charge in [0.2, 0.25) is 11.8 Å². The van der Waals surface area contributed by atoms with Crippen LogP contribution in [0.4, 0.5) is 5.69 Å². The molecule has 0 bridgehead atoms. The van der Waals surface area contributed by atoms with Crippen molar-refractivity contribution in [3.05, 3.63) is 21.4 Å². The fourth-order valence-corrected chi connectivity index (χ4v) is 3.93. The second-order valence-electron chi connectivity index (χ2n) is 6.52. The first-order chi connectivity index (χ1) is 13.0. The lowest BCUT2D eigenvalue weighted by Crippen LogP contribution is -2.34. The molecule has 0 unspecified atom stereocenters. The number of amides is 2. The minimum absolute atomic E-state index is 0.0240. The highest BCUT2D eigenvalue weighted by Crippen LogP contribution is 2.34. The molecule has 27 heavy (non-hydrogen) atoms. The van der Waals surface area contributed by atoms with E-state index >= 15 is 0 Å². The second kappa shape index (κ2) is 10.2. The van der Waals surface area contributed by atoms with Gasteiger partial charge in [-0.25, -0.2) is 4.99 Å². The summed E-state index contributed by atoms with van der Waals surface area (Å²) in [5, 5.41) is 2.84. The highest BCUT2D eigenvalue weighted by molar-refractivity contribution is 7.13. The molecule has 8 heteroatoms. The number of rotatable bonds is 9. The van der Waals surface area contributed by atoms with Gasteiger partial charge in [-0.2, -0.15) is 0 Å². The van der Waals surface area contributed by atoms with Gasteiger partial charge in [-0.3, -0.25) is 9.59 Å². The van der Waals surface area contributed by atoms with Crippen molar-refractivity contribution in [1.29, 1.82) is 0 Å².